The maximum absolute atomic E-state index is 12.5. The van der Waals surface area contributed by atoms with Crippen molar-refractivity contribution in [1.82, 2.24) is 0 Å². The van der Waals surface area contributed by atoms with Crippen LogP contribution < -0.4 is 0 Å². The van der Waals surface area contributed by atoms with E-state index < -0.39 is 11.8 Å². The summed E-state index contributed by atoms with van der Waals surface area (Å²) in [5.74, 6) is -0.786. The molecule has 0 N–H and O–H groups in total. The van der Waals surface area contributed by atoms with E-state index in [-0.39, 0.29) is 11.9 Å². The van der Waals surface area contributed by atoms with Crippen molar-refractivity contribution in [2.45, 2.75) is 117 Å². The molecule has 0 aromatic carbocycles. The molecule has 31 heavy (non-hydrogen) atoms. The van der Waals surface area contributed by atoms with Gasteiger partial charge < -0.3 is 9.47 Å². The highest BCUT2D eigenvalue weighted by Gasteiger charge is 2.36. The molecule has 0 amide bonds. The highest BCUT2D eigenvalue weighted by molar-refractivity contribution is 5.82. The fourth-order valence-corrected chi connectivity index (χ4v) is 4.06. The standard InChI is InChI=1S/C27H48O4/c1-4-5-6-7-8-9-10-11-12-13-14-17-21-30-26(28)24-18-15-16-19-25(24)27(29)31-22-20-23(2)3/h15-16,23-25H,4-14,17-22H2,1-3H3. The molecule has 1 aliphatic rings. The third-order valence-electron chi connectivity index (χ3n) is 6.22. The van der Waals surface area contributed by atoms with Crippen molar-refractivity contribution in [3.63, 3.8) is 0 Å². The number of rotatable bonds is 18. The monoisotopic (exact) mass is 436 g/mol. The number of hydrogen-bond donors (Lipinski definition) is 0. The predicted octanol–water partition coefficient (Wildman–Crippen LogP) is 7.40. The Labute approximate surface area is 191 Å². The maximum atomic E-state index is 12.5. The SMILES string of the molecule is CCCCCCCCCCCCCCOC(=O)C1CC=CCC1C(=O)OCCC(C)C. The van der Waals surface area contributed by atoms with Gasteiger partial charge in [0.25, 0.3) is 0 Å². The highest BCUT2D eigenvalue weighted by atomic mass is 16.5. The van der Waals surface area contributed by atoms with E-state index in [1.54, 1.807) is 0 Å². The van der Waals surface area contributed by atoms with Gasteiger partial charge in [-0.2, -0.15) is 0 Å². The minimum atomic E-state index is -0.397. The topological polar surface area (TPSA) is 52.6 Å². The molecule has 0 saturated carbocycles. The van der Waals surface area contributed by atoms with Crippen LogP contribution in [0.4, 0.5) is 0 Å². The maximum Gasteiger partial charge on any atom is 0.310 e. The van der Waals surface area contributed by atoms with Gasteiger partial charge in [-0.25, -0.2) is 0 Å². The number of carbonyl (C=O) groups is 2. The zero-order valence-electron chi connectivity index (χ0n) is 20.5. The lowest BCUT2D eigenvalue weighted by Gasteiger charge is -2.25. The molecular formula is C27H48O4. The van der Waals surface area contributed by atoms with Gasteiger partial charge in [-0.15, -0.1) is 0 Å². The van der Waals surface area contributed by atoms with Crippen molar-refractivity contribution in [2.24, 2.45) is 17.8 Å². The van der Waals surface area contributed by atoms with Crippen LogP contribution in [0.3, 0.4) is 0 Å². The van der Waals surface area contributed by atoms with E-state index >= 15 is 0 Å². The van der Waals surface area contributed by atoms with Crippen molar-refractivity contribution in [2.75, 3.05) is 13.2 Å². The van der Waals surface area contributed by atoms with Gasteiger partial charge in [0.05, 0.1) is 25.0 Å². The van der Waals surface area contributed by atoms with E-state index in [0.717, 1.165) is 19.3 Å². The van der Waals surface area contributed by atoms with Crippen LogP contribution in [0.15, 0.2) is 12.2 Å². The van der Waals surface area contributed by atoms with Crippen molar-refractivity contribution in [3.05, 3.63) is 12.2 Å². The zero-order valence-corrected chi connectivity index (χ0v) is 20.5. The van der Waals surface area contributed by atoms with Gasteiger partial charge in [0.15, 0.2) is 0 Å². The fourth-order valence-electron chi connectivity index (χ4n) is 4.06. The average molecular weight is 437 g/mol. The number of hydrogen-bond acceptors (Lipinski definition) is 4. The number of unbranched alkanes of at least 4 members (excludes halogenated alkanes) is 11. The van der Waals surface area contributed by atoms with Crippen molar-refractivity contribution < 1.29 is 19.1 Å². The second-order valence-electron chi connectivity index (χ2n) is 9.56. The molecule has 1 rings (SSSR count). The van der Waals surface area contributed by atoms with Gasteiger partial charge in [0, 0.05) is 0 Å². The van der Waals surface area contributed by atoms with Crippen LogP contribution in [0.1, 0.15) is 117 Å². The minimum Gasteiger partial charge on any atom is -0.465 e. The molecule has 0 saturated heterocycles. The smallest absolute Gasteiger partial charge is 0.310 e. The first-order valence-electron chi connectivity index (χ1n) is 13.0. The summed E-state index contributed by atoms with van der Waals surface area (Å²) in [6.07, 6.45) is 21.4. The fraction of sp³-hybridized carbons (Fsp3) is 0.852. The minimum absolute atomic E-state index is 0.238. The van der Waals surface area contributed by atoms with E-state index in [0.29, 0.717) is 32.0 Å². The van der Waals surface area contributed by atoms with E-state index in [2.05, 4.69) is 20.8 Å². The van der Waals surface area contributed by atoms with Gasteiger partial charge in [-0.1, -0.05) is 104 Å². The predicted molar refractivity (Wildman–Crippen MR) is 128 cm³/mol. The summed E-state index contributed by atoms with van der Waals surface area (Å²) in [5, 5.41) is 0. The molecule has 4 heteroatoms. The normalized spacial score (nSPS) is 18.3. The largest absolute Gasteiger partial charge is 0.465 e. The molecule has 0 aromatic heterocycles. The van der Waals surface area contributed by atoms with Crippen LogP contribution in [-0.2, 0) is 19.1 Å². The summed E-state index contributed by atoms with van der Waals surface area (Å²) < 4.78 is 10.9. The third-order valence-corrected chi connectivity index (χ3v) is 6.22. The average Bonchev–Trinajstić information content (AvgIpc) is 2.76. The zero-order chi connectivity index (χ0) is 22.7. The summed E-state index contributed by atoms with van der Waals surface area (Å²) in [4.78, 5) is 25.0. The summed E-state index contributed by atoms with van der Waals surface area (Å²) in [6, 6.07) is 0. The Balaban J connectivity index is 2.09. The van der Waals surface area contributed by atoms with Gasteiger partial charge >= 0.3 is 11.9 Å². The molecule has 4 nitrogen and oxygen atoms in total. The van der Waals surface area contributed by atoms with Gasteiger partial charge in [0.2, 0.25) is 0 Å². The van der Waals surface area contributed by atoms with Crippen LogP contribution in [-0.4, -0.2) is 25.2 Å². The molecule has 180 valence electrons. The van der Waals surface area contributed by atoms with E-state index in [9.17, 15) is 9.59 Å². The first-order chi connectivity index (χ1) is 15.1. The number of carbonyl (C=O) groups excluding carboxylic acids is 2. The van der Waals surface area contributed by atoms with Crippen molar-refractivity contribution in [3.8, 4) is 0 Å². The summed E-state index contributed by atoms with van der Waals surface area (Å²) >= 11 is 0. The molecule has 0 fully saturated rings. The molecule has 0 aliphatic heterocycles. The Morgan fingerprint density at radius 1 is 0.710 bits per heavy atom. The molecule has 0 spiro atoms. The Morgan fingerprint density at radius 2 is 1.13 bits per heavy atom. The van der Waals surface area contributed by atoms with Crippen molar-refractivity contribution in [1.29, 1.82) is 0 Å². The summed E-state index contributed by atoms with van der Waals surface area (Å²) in [6.45, 7) is 7.36. The lowest BCUT2D eigenvalue weighted by atomic mass is 9.83. The summed E-state index contributed by atoms with van der Waals surface area (Å²) in [5.41, 5.74) is 0. The van der Waals surface area contributed by atoms with Crippen LogP contribution in [0, 0.1) is 17.8 Å². The molecule has 2 atom stereocenters. The van der Waals surface area contributed by atoms with E-state index in [1.807, 2.05) is 12.2 Å². The molecule has 0 radical (unpaired) electrons. The lowest BCUT2D eigenvalue weighted by Crippen LogP contribution is -2.34. The van der Waals surface area contributed by atoms with Gasteiger partial charge in [-0.05, 0) is 31.6 Å². The van der Waals surface area contributed by atoms with E-state index in [1.165, 1.54) is 64.2 Å². The number of ether oxygens (including phenoxy) is 2. The first-order valence-corrected chi connectivity index (χ1v) is 13.0. The molecule has 2 unspecified atom stereocenters. The third kappa shape index (κ3) is 13.6. The van der Waals surface area contributed by atoms with Gasteiger partial charge in [-0.3, -0.25) is 9.59 Å². The van der Waals surface area contributed by atoms with Crippen LogP contribution in [0.2, 0.25) is 0 Å². The first kappa shape index (κ1) is 27.7. The number of allylic oxidation sites excluding steroid dienone is 2. The number of esters is 2. The second kappa shape index (κ2) is 18.3. The molecular weight excluding hydrogens is 388 g/mol. The van der Waals surface area contributed by atoms with Crippen LogP contribution in [0.25, 0.3) is 0 Å². The Hall–Kier alpha value is -1.32. The molecule has 0 heterocycles. The van der Waals surface area contributed by atoms with Gasteiger partial charge in [0.1, 0.15) is 0 Å². The molecule has 0 aromatic rings. The second-order valence-corrected chi connectivity index (χ2v) is 9.56. The molecule has 1 aliphatic carbocycles. The lowest BCUT2D eigenvalue weighted by molar-refractivity contribution is -0.161. The van der Waals surface area contributed by atoms with Crippen molar-refractivity contribution >= 4 is 11.9 Å². The summed E-state index contributed by atoms with van der Waals surface area (Å²) in [7, 11) is 0. The van der Waals surface area contributed by atoms with Crippen LogP contribution in [0.5, 0.6) is 0 Å². The quantitative estimate of drug-likeness (QED) is 0.128. The Morgan fingerprint density at radius 3 is 1.58 bits per heavy atom. The molecule has 0 bridgehead atoms. The van der Waals surface area contributed by atoms with E-state index in [4.69, 9.17) is 9.47 Å². The Kier molecular flexibility index (Phi) is 16.3. The Bertz CT molecular complexity index is 497. The van der Waals surface area contributed by atoms with Crippen LogP contribution >= 0.6 is 0 Å². The highest BCUT2D eigenvalue weighted by Crippen LogP contribution is 2.28.